The van der Waals surface area contributed by atoms with Crippen molar-refractivity contribution in [2.75, 3.05) is 19.7 Å². The Morgan fingerprint density at radius 3 is 3.05 bits per heavy atom. The number of hydrogen-bond donors (Lipinski definition) is 0. The number of Topliss-reactive ketones (excluding diaryl/α,β-unsaturated/α-hetero) is 1. The molecule has 1 aromatic heterocycles. The molecule has 3 rings (SSSR count). The highest BCUT2D eigenvalue weighted by atomic mass is 16.5. The Hall–Kier alpha value is -1.33. The van der Waals surface area contributed by atoms with Crippen LogP contribution in [-0.4, -0.2) is 46.4 Å². The van der Waals surface area contributed by atoms with Gasteiger partial charge in [-0.2, -0.15) is 0 Å². The fraction of sp³-hybridized carbons (Fsp3) is 0.667. The molecule has 0 aromatic carbocycles. The van der Waals surface area contributed by atoms with Crippen LogP contribution in [0, 0.1) is 0 Å². The van der Waals surface area contributed by atoms with E-state index in [4.69, 9.17) is 4.74 Å². The van der Waals surface area contributed by atoms with E-state index in [0.717, 1.165) is 37.4 Å². The molecule has 20 heavy (non-hydrogen) atoms. The van der Waals surface area contributed by atoms with Crippen molar-refractivity contribution in [3.05, 3.63) is 23.3 Å². The predicted octanol–water partition coefficient (Wildman–Crippen LogP) is 1.78. The molecule has 1 unspecified atom stereocenters. The highest BCUT2D eigenvalue weighted by Crippen LogP contribution is 2.24. The molecule has 0 spiro atoms. The SMILES string of the molecule is CC(C)N1CCOC(c2ncc3c(n2)CCCC3=O)C1. The van der Waals surface area contributed by atoms with E-state index in [-0.39, 0.29) is 11.9 Å². The van der Waals surface area contributed by atoms with Gasteiger partial charge in [0.2, 0.25) is 0 Å². The number of carbonyl (C=O) groups excluding carboxylic acids is 1. The van der Waals surface area contributed by atoms with Gasteiger partial charge in [0.25, 0.3) is 0 Å². The number of ketones is 1. The molecule has 1 fully saturated rings. The first kappa shape index (κ1) is 13.6. The Kier molecular flexibility index (Phi) is 3.81. The number of rotatable bonds is 2. The second-order valence-corrected chi connectivity index (χ2v) is 5.81. The number of ether oxygens (including phenoxy) is 1. The van der Waals surface area contributed by atoms with Crippen molar-refractivity contribution in [1.82, 2.24) is 14.9 Å². The van der Waals surface area contributed by atoms with Gasteiger partial charge in [-0.1, -0.05) is 0 Å². The molecule has 0 saturated carbocycles. The lowest BCUT2D eigenvalue weighted by molar-refractivity contribution is -0.0444. The first-order valence-corrected chi connectivity index (χ1v) is 7.40. The molecule has 1 atom stereocenters. The minimum atomic E-state index is -0.0755. The van der Waals surface area contributed by atoms with E-state index in [0.29, 0.717) is 24.6 Å². The normalized spacial score (nSPS) is 23.9. The molecule has 5 heteroatoms. The van der Waals surface area contributed by atoms with Crippen LogP contribution in [0.4, 0.5) is 0 Å². The Labute approximate surface area is 119 Å². The van der Waals surface area contributed by atoms with E-state index in [1.165, 1.54) is 0 Å². The molecule has 0 bridgehead atoms. The van der Waals surface area contributed by atoms with Crippen molar-refractivity contribution >= 4 is 5.78 Å². The summed E-state index contributed by atoms with van der Waals surface area (Å²) < 4.78 is 5.81. The summed E-state index contributed by atoms with van der Waals surface area (Å²) in [4.78, 5) is 23.1. The van der Waals surface area contributed by atoms with Crippen LogP contribution >= 0.6 is 0 Å². The van der Waals surface area contributed by atoms with E-state index < -0.39 is 0 Å². The van der Waals surface area contributed by atoms with Gasteiger partial charge < -0.3 is 4.74 Å². The molecule has 0 radical (unpaired) electrons. The second-order valence-electron chi connectivity index (χ2n) is 5.81. The molecule has 1 aliphatic carbocycles. The van der Waals surface area contributed by atoms with Crippen molar-refractivity contribution in [1.29, 1.82) is 0 Å². The summed E-state index contributed by atoms with van der Waals surface area (Å²) >= 11 is 0. The van der Waals surface area contributed by atoms with E-state index in [1.54, 1.807) is 6.20 Å². The van der Waals surface area contributed by atoms with Crippen LogP contribution in [0.1, 0.15) is 54.7 Å². The largest absolute Gasteiger partial charge is 0.368 e. The van der Waals surface area contributed by atoms with Gasteiger partial charge in [-0.05, 0) is 26.7 Å². The predicted molar refractivity (Wildman–Crippen MR) is 74.7 cm³/mol. The van der Waals surface area contributed by atoms with Crippen LogP contribution in [0.25, 0.3) is 0 Å². The number of aryl methyl sites for hydroxylation is 1. The Bertz CT molecular complexity index is 516. The zero-order valence-electron chi connectivity index (χ0n) is 12.1. The number of carbonyl (C=O) groups is 1. The van der Waals surface area contributed by atoms with Gasteiger partial charge in [-0.15, -0.1) is 0 Å². The van der Waals surface area contributed by atoms with Crippen LogP contribution in [-0.2, 0) is 11.2 Å². The summed E-state index contributed by atoms with van der Waals surface area (Å²) in [6.45, 7) is 6.87. The Balaban J connectivity index is 1.82. The van der Waals surface area contributed by atoms with E-state index >= 15 is 0 Å². The van der Waals surface area contributed by atoms with E-state index in [2.05, 4.69) is 28.7 Å². The minimum Gasteiger partial charge on any atom is -0.368 e. The number of fused-ring (bicyclic) bond motifs is 1. The molecule has 1 saturated heterocycles. The van der Waals surface area contributed by atoms with Gasteiger partial charge in [0.05, 0.1) is 17.9 Å². The molecule has 2 aliphatic rings. The van der Waals surface area contributed by atoms with Crippen molar-refractivity contribution in [3.8, 4) is 0 Å². The van der Waals surface area contributed by atoms with Crippen LogP contribution in [0.3, 0.4) is 0 Å². The monoisotopic (exact) mass is 275 g/mol. The lowest BCUT2D eigenvalue weighted by Gasteiger charge is -2.34. The van der Waals surface area contributed by atoms with Crippen LogP contribution < -0.4 is 0 Å². The third-order valence-corrected chi connectivity index (χ3v) is 4.12. The molecule has 5 nitrogen and oxygen atoms in total. The van der Waals surface area contributed by atoms with Gasteiger partial charge in [0, 0.05) is 31.7 Å². The summed E-state index contributed by atoms with van der Waals surface area (Å²) in [5.41, 5.74) is 1.60. The number of aromatic nitrogens is 2. The minimum absolute atomic E-state index is 0.0755. The standard InChI is InChI=1S/C15H21N3O2/c1-10(2)18-6-7-20-14(9-18)15-16-8-11-12(17-15)4-3-5-13(11)19/h8,10,14H,3-7,9H2,1-2H3. The maximum absolute atomic E-state index is 11.8. The third-order valence-electron chi connectivity index (χ3n) is 4.12. The summed E-state index contributed by atoms with van der Waals surface area (Å²) in [5.74, 6) is 0.898. The number of nitrogens with zero attached hydrogens (tertiary/aromatic N) is 3. The molecule has 1 aliphatic heterocycles. The van der Waals surface area contributed by atoms with Gasteiger partial charge in [0.15, 0.2) is 11.6 Å². The van der Waals surface area contributed by atoms with Gasteiger partial charge in [-0.25, -0.2) is 9.97 Å². The fourth-order valence-corrected chi connectivity index (χ4v) is 2.86. The summed E-state index contributed by atoms with van der Waals surface area (Å²) in [5, 5.41) is 0. The van der Waals surface area contributed by atoms with Gasteiger partial charge in [-0.3, -0.25) is 9.69 Å². The van der Waals surface area contributed by atoms with Crippen LogP contribution in [0.2, 0.25) is 0 Å². The average Bonchev–Trinajstić information content (AvgIpc) is 2.47. The van der Waals surface area contributed by atoms with Gasteiger partial charge >= 0.3 is 0 Å². The average molecular weight is 275 g/mol. The molecule has 0 N–H and O–H groups in total. The van der Waals surface area contributed by atoms with E-state index in [1.807, 2.05) is 0 Å². The van der Waals surface area contributed by atoms with Crippen molar-refractivity contribution in [3.63, 3.8) is 0 Å². The summed E-state index contributed by atoms with van der Waals surface area (Å²) in [7, 11) is 0. The first-order chi connectivity index (χ1) is 9.65. The lowest BCUT2D eigenvalue weighted by Crippen LogP contribution is -2.42. The molecule has 1 aromatic rings. The topological polar surface area (TPSA) is 55.3 Å². The van der Waals surface area contributed by atoms with Crippen molar-refractivity contribution < 1.29 is 9.53 Å². The number of hydrogen-bond acceptors (Lipinski definition) is 5. The quantitative estimate of drug-likeness (QED) is 0.823. The van der Waals surface area contributed by atoms with Crippen molar-refractivity contribution in [2.24, 2.45) is 0 Å². The maximum atomic E-state index is 11.8. The van der Waals surface area contributed by atoms with Crippen LogP contribution in [0.15, 0.2) is 6.20 Å². The molecular formula is C15H21N3O2. The van der Waals surface area contributed by atoms with Crippen LogP contribution in [0.5, 0.6) is 0 Å². The highest BCUT2D eigenvalue weighted by molar-refractivity contribution is 5.97. The third kappa shape index (κ3) is 2.60. The summed E-state index contributed by atoms with van der Waals surface area (Å²) in [6.07, 6.45) is 4.00. The number of morpholine rings is 1. The summed E-state index contributed by atoms with van der Waals surface area (Å²) in [6, 6.07) is 0.501. The maximum Gasteiger partial charge on any atom is 0.166 e. The van der Waals surface area contributed by atoms with Crippen molar-refractivity contribution in [2.45, 2.75) is 45.3 Å². The molecule has 0 amide bonds. The smallest absolute Gasteiger partial charge is 0.166 e. The zero-order chi connectivity index (χ0) is 14.1. The highest BCUT2D eigenvalue weighted by Gasteiger charge is 2.27. The fourth-order valence-electron chi connectivity index (χ4n) is 2.86. The first-order valence-electron chi connectivity index (χ1n) is 7.40. The Morgan fingerprint density at radius 1 is 1.40 bits per heavy atom. The molecule has 108 valence electrons. The van der Waals surface area contributed by atoms with E-state index in [9.17, 15) is 4.79 Å². The Morgan fingerprint density at radius 2 is 2.25 bits per heavy atom. The molecule has 2 heterocycles. The van der Waals surface area contributed by atoms with Gasteiger partial charge in [0.1, 0.15) is 6.10 Å². The second kappa shape index (κ2) is 5.58. The lowest BCUT2D eigenvalue weighted by atomic mass is 9.96. The molecular weight excluding hydrogens is 254 g/mol. The zero-order valence-corrected chi connectivity index (χ0v) is 12.1.